The molecule has 152 valence electrons. The SMILES string of the molecule is CC1=Cc2oc3ccccc3c2N(C)B1N1c2nccnc2N(c2ccccc2)[C@@H]1C. The maximum Gasteiger partial charge on any atom is 0.409 e. The summed E-state index contributed by atoms with van der Waals surface area (Å²) >= 11 is 0. The van der Waals surface area contributed by atoms with Crippen LogP contribution in [0.1, 0.15) is 19.6 Å². The lowest BCUT2D eigenvalue weighted by atomic mass is 9.61. The van der Waals surface area contributed by atoms with Gasteiger partial charge in [-0.25, -0.2) is 9.97 Å². The maximum absolute atomic E-state index is 6.15. The molecule has 6 rings (SSSR count). The summed E-state index contributed by atoms with van der Waals surface area (Å²) in [5.41, 5.74) is 4.33. The molecular formula is C24H22BN5O. The number of benzene rings is 2. The van der Waals surface area contributed by atoms with Crippen molar-refractivity contribution in [3.63, 3.8) is 0 Å². The van der Waals surface area contributed by atoms with Crippen LogP contribution in [-0.2, 0) is 0 Å². The molecule has 0 unspecified atom stereocenters. The molecule has 31 heavy (non-hydrogen) atoms. The zero-order chi connectivity index (χ0) is 21.1. The Morgan fingerprint density at radius 3 is 2.45 bits per heavy atom. The first-order valence-electron chi connectivity index (χ1n) is 10.5. The van der Waals surface area contributed by atoms with E-state index in [0.29, 0.717) is 0 Å². The van der Waals surface area contributed by atoms with E-state index in [0.717, 1.165) is 39.7 Å². The summed E-state index contributed by atoms with van der Waals surface area (Å²) in [6.07, 6.45) is 5.73. The van der Waals surface area contributed by atoms with Crippen molar-refractivity contribution in [3.05, 3.63) is 78.2 Å². The van der Waals surface area contributed by atoms with Crippen LogP contribution in [-0.4, -0.2) is 30.2 Å². The molecule has 0 spiro atoms. The quantitative estimate of drug-likeness (QED) is 0.431. The molecule has 0 amide bonds. The van der Waals surface area contributed by atoms with Gasteiger partial charge in [0, 0.05) is 23.5 Å². The number of fused-ring (bicyclic) bond motifs is 4. The van der Waals surface area contributed by atoms with Gasteiger partial charge in [-0.1, -0.05) is 35.8 Å². The van der Waals surface area contributed by atoms with Crippen molar-refractivity contribution in [2.75, 3.05) is 21.6 Å². The van der Waals surface area contributed by atoms with Crippen molar-refractivity contribution in [2.24, 2.45) is 0 Å². The summed E-state index contributed by atoms with van der Waals surface area (Å²) in [5.74, 6) is 2.67. The highest BCUT2D eigenvalue weighted by molar-refractivity contribution is 6.76. The van der Waals surface area contributed by atoms with Crippen molar-refractivity contribution in [2.45, 2.75) is 20.0 Å². The van der Waals surface area contributed by atoms with E-state index < -0.39 is 0 Å². The highest BCUT2D eigenvalue weighted by Crippen LogP contribution is 2.46. The van der Waals surface area contributed by atoms with Crippen molar-refractivity contribution in [1.29, 1.82) is 0 Å². The minimum atomic E-state index is -0.00679. The smallest absolute Gasteiger partial charge is 0.409 e. The number of para-hydroxylation sites is 2. The van der Waals surface area contributed by atoms with Crippen molar-refractivity contribution < 1.29 is 4.42 Å². The molecule has 6 nitrogen and oxygen atoms in total. The standard InChI is InChI=1S/C24H22BN5O/c1-16-15-21-22(19-11-7-8-12-20(19)31-21)28(3)25(16)30-17(2)29(18-9-5-4-6-10-18)23-24(30)27-14-13-26-23/h4-15,17H,1-3H3/t17-/m0/s1. The van der Waals surface area contributed by atoms with E-state index in [2.05, 4.69) is 77.9 Å². The van der Waals surface area contributed by atoms with E-state index in [1.807, 2.05) is 18.2 Å². The number of rotatable bonds is 2. The van der Waals surface area contributed by atoms with Gasteiger partial charge in [0.05, 0.1) is 11.9 Å². The molecule has 0 N–H and O–H groups in total. The average molecular weight is 407 g/mol. The summed E-state index contributed by atoms with van der Waals surface area (Å²) in [6, 6.07) is 18.6. The number of anilines is 4. The van der Waals surface area contributed by atoms with Crippen molar-refractivity contribution in [1.82, 2.24) is 9.97 Å². The van der Waals surface area contributed by atoms with E-state index in [-0.39, 0.29) is 13.1 Å². The van der Waals surface area contributed by atoms with E-state index in [1.54, 1.807) is 12.4 Å². The van der Waals surface area contributed by atoms with Gasteiger partial charge in [-0.15, -0.1) is 0 Å². The van der Waals surface area contributed by atoms with E-state index >= 15 is 0 Å². The Balaban J connectivity index is 1.50. The number of aromatic nitrogens is 2. The predicted octanol–water partition coefficient (Wildman–Crippen LogP) is 5.11. The van der Waals surface area contributed by atoms with Crippen LogP contribution in [0.15, 0.2) is 76.9 Å². The first-order valence-corrected chi connectivity index (χ1v) is 10.5. The molecule has 4 aromatic rings. The van der Waals surface area contributed by atoms with Gasteiger partial charge >= 0.3 is 6.98 Å². The largest absolute Gasteiger partial charge is 0.455 e. The fraction of sp³-hybridized carbons (Fsp3) is 0.167. The Morgan fingerprint density at radius 1 is 0.935 bits per heavy atom. The van der Waals surface area contributed by atoms with Gasteiger partial charge in [-0.3, -0.25) is 0 Å². The van der Waals surface area contributed by atoms with Crippen LogP contribution in [0.4, 0.5) is 23.0 Å². The van der Waals surface area contributed by atoms with Gasteiger partial charge in [-0.05, 0) is 51.2 Å². The summed E-state index contributed by atoms with van der Waals surface area (Å²) in [6.45, 7) is 4.36. The second-order valence-corrected chi connectivity index (χ2v) is 8.13. The van der Waals surface area contributed by atoms with E-state index in [9.17, 15) is 0 Å². The molecule has 0 saturated carbocycles. The third-order valence-electron chi connectivity index (χ3n) is 6.29. The number of nitrogens with zero attached hydrogens (tertiary/aromatic N) is 5. The van der Waals surface area contributed by atoms with Crippen molar-refractivity contribution >= 4 is 47.0 Å². The Kier molecular flexibility index (Phi) is 3.87. The Bertz CT molecular complexity index is 1320. The lowest BCUT2D eigenvalue weighted by Gasteiger charge is -2.40. The fourth-order valence-electron chi connectivity index (χ4n) is 5.03. The minimum Gasteiger partial charge on any atom is -0.455 e. The monoisotopic (exact) mass is 407 g/mol. The van der Waals surface area contributed by atoms with Gasteiger partial charge < -0.3 is 18.9 Å². The second kappa shape index (κ2) is 6.64. The summed E-state index contributed by atoms with van der Waals surface area (Å²) in [4.78, 5) is 16.4. The molecule has 2 aromatic carbocycles. The summed E-state index contributed by atoms with van der Waals surface area (Å²) < 4.78 is 6.15. The molecule has 1 atom stereocenters. The molecular weight excluding hydrogens is 385 g/mol. The van der Waals surface area contributed by atoms with E-state index in [4.69, 9.17) is 14.4 Å². The summed E-state index contributed by atoms with van der Waals surface area (Å²) in [5, 5.41) is 1.12. The molecule has 0 fully saturated rings. The molecule has 4 heterocycles. The molecule has 2 aromatic heterocycles. The van der Waals surface area contributed by atoms with Crippen LogP contribution in [0, 0.1) is 0 Å². The van der Waals surface area contributed by atoms with Crippen LogP contribution < -0.4 is 14.5 Å². The molecule has 2 aliphatic heterocycles. The molecule has 2 aliphatic rings. The van der Waals surface area contributed by atoms with Crippen LogP contribution in [0.3, 0.4) is 0 Å². The third kappa shape index (κ3) is 2.52. The molecule has 0 saturated heterocycles. The minimum absolute atomic E-state index is 0.00679. The highest BCUT2D eigenvalue weighted by Gasteiger charge is 2.47. The molecule has 7 heteroatoms. The van der Waals surface area contributed by atoms with Crippen molar-refractivity contribution in [3.8, 4) is 0 Å². The van der Waals surface area contributed by atoms with Crippen LogP contribution >= 0.6 is 0 Å². The zero-order valence-corrected chi connectivity index (χ0v) is 17.7. The Morgan fingerprint density at radius 2 is 1.65 bits per heavy atom. The zero-order valence-electron chi connectivity index (χ0n) is 17.7. The maximum atomic E-state index is 6.15. The molecule has 0 aliphatic carbocycles. The van der Waals surface area contributed by atoms with Gasteiger partial charge in [0.2, 0.25) is 0 Å². The van der Waals surface area contributed by atoms with Crippen LogP contribution in [0.25, 0.3) is 17.0 Å². The lowest BCUT2D eigenvalue weighted by Crippen LogP contribution is -2.58. The predicted molar refractivity (Wildman–Crippen MR) is 127 cm³/mol. The van der Waals surface area contributed by atoms with Gasteiger partial charge in [0.25, 0.3) is 0 Å². The first kappa shape index (κ1) is 18.1. The molecule has 0 radical (unpaired) electrons. The van der Waals surface area contributed by atoms with Crippen LogP contribution in [0.2, 0.25) is 0 Å². The van der Waals surface area contributed by atoms with Crippen LogP contribution in [0.5, 0.6) is 0 Å². The van der Waals surface area contributed by atoms with Gasteiger partial charge in [0.1, 0.15) is 11.3 Å². The second-order valence-electron chi connectivity index (χ2n) is 8.13. The summed E-state index contributed by atoms with van der Waals surface area (Å²) in [7, 11) is 2.13. The fourth-order valence-corrected chi connectivity index (χ4v) is 5.03. The molecule has 0 bridgehead atoms. The first-order chi connectivity index (χ1) is 15.1. The lowest BCUT2D eigenvalue weighted by molar-refractivity contribution is 0.603. The van der Waals surface area contributed by atoms with Gasteiger partial charge in [-0.2, -0.15) is 0 Å². The average Bonchev–Trinajstić information content (AvgIpc) is 3.29. The third-order valence-corrected chi connectivity index (χ3v) is 6.29. The normalized spacial score (nSPS) is 17.8. The van der Waals surface area contributed by atoms with E-state index in [1.165, 1.54) is 5.47 Å². The topological polar surface area (TPSA) is 48.6 Å². The Labute approximate surface area is 181 Å². The number of hydrogen-bond acceptors (Lipinski definition) is 6. The number of allylic oxidation sites excluding steroid dienone is 1. The number of hydrogen-bond donors (Lipinski definition) is 0. The Hall–Kier alpha value is -3.74. The highest BCUT2D eigenvalue weighted by atomic mass is 16.3. The number of furan rings is 1. The van der Waals surface area contributed by atoms with Gasteiger partial charge in [0.15, 0.2) is 11.6 Å².